The SMILES string of the molecule is OCCNc1nc(Nc2ccc(Br)c(F)c2)cc(-c2ccncc2)n1. The van der Waals surface area contributed by atoms with Gasteiger partial charge in [0.2, 0.25) is 5.95 Å². The Hall–Kier alpha value is -2.58. The minimum atomic E-state index is -0.368. The van der Waals surface area contributed by atoms with Gasteiger partial charge in [0.15, 0.2) is 0 Å². The van der Waals surface area contributed by atoms with E-state index in [4.69, 9.17) is 5.11 Å². The molecule has 0 atom stereocenters. The summed E-state index contributed by atoms with van der Waals surface area (Å²) >= 11 is 3.13. The van der Waals surface area contributed by atoms with E-state index in [-0.39, 0.29) is 12.4 Å². The van der Waals surface area contributed by atoms with Gasteiger partial charge in [0.05, 0.1) is 16.8 Å². The number of rotatable bonds is 6. The third-order valence-electron chi connectivity index (χ3n) is 3.29. The van der Waals surface area contributed by atoms with E-state index < -0.39 is 0 Å². The van der Waals surface area contributed by atoms with Gasteiger partial charge in [0.25, 0.3) is 0 Å². The topological polar surface area (TPSA) is 83.0 Å². The van der Waals surface area contributed by atoms with Crippen molar-refractivity contribution in [3.8, 4) is 11.3 Å². The number of anilines is 3. The smallest absolute Gasteiger partial charge is 0.225 e. The zero-order valence-corrected chi connectivity index (χ0v) is 14.7. The molecule has 0 saturated heterocycles. The highest BCUT2D eigenvalue weighted by molar-refractivity contribution is 9.10. The molecule has 0 aliphatic heterocycles. The molecule has 2 heterocycles. The van der Waals surface area contributed by atoms with Crippen molar-refractivity contribution < 1.29 is 9.50 Å². The molecule has 2 aromatic heterocycles. The third kappa shape index (κ3) is 4.49. The number of benzene rings is 1. The van der Waals surface area contributed by atoms with Crippen LogP contribution in [0.5, 0.6) is 0 Å². The van der Waals surface area contributed by atoms with E-state index in [9.17, 15) is 4.39 Å². The van der Waals surface area contributed by atoms with Crippen LogP contribution in [0.25, 0.3) is 11.3 Å². The van der Waals surface area contributed by atoms with E-state index in [1.165, 1.54) is 6.07 Å². The van der Waals surface area contributed by atoms with Crippen LogP contribution in [0.15, 0.2) is 53.3 Å². The highest BCUT2D eigenvalue weighted by atomic mass is 79.9. The number of hydrogen-bond donors (Lipinski definition) is 3. The Morgan fingerprint density at radius 2 is 1.88 bits per heavy atom. The summed E-state index contributed by atoms with van der Waals surface area (Å²) in [6.45, 7) is 0.287. The van der Waals surface area contributed by atoms with Gasteiger partial charge in [0.1, 0.15) is 11.6 Å². The van der Waals surface area contributed by atoms with Crippen molar-refractivity contribution in [2.24, 2.45) is 0 Å². The predicted molar refractivity (Wildman–Crippen MR) is 98.2 cm³/mol. The molecule has 0 bridgehead atoms. The largest absolute Gasteiger partial charge is 0.395 e. The van der Waals surface area contributed by atoms with Gasteiger partial charge >= 0.3 is 0 Å². The monoisotopic (exact) mass is 403 g/mol. The average molecular weight is 404 g/mol. The van der Waals surface area contributed by atoms with E-state index in [0.717, 1.165) is 5.56 Å². The highest BCUT2D eigenvalue weighted by Gasteiger charge is 2.08. The molecule has 0 unspecified atom stereocenters. The minimum Gasteiger partial charge on any atom is -0.395 e. The summed E-state index contributed by atoms with van der Waals surface area (Å²) in [6, 6.07) is 10.2. The first kappa shape index (κ1) is 17.2. The van der Waals surface area contributed by atoms with Crippen LogP contribution >= 0.6 is 15.9 Å². The second-order valence-electron chi connectivity index (χ2n) is 5.10. The van der Waals surface area contributed by atoms with Crippen molar-refractivity contribution in [2.75, 3.05) is 23.8 Å². The lowest BCUT2D eigenvalue weighted by molar-refractivity contribution is 0.311. The zero-order valence-electron chi connectivity index (χ0n) is 13.1. The van der Waals surface area contributed by atoms with Crippen LogP contribution < -0.4 is 10.6 Å². The number of hydrogen-bond acceptors (Lipinski definition) is 6. The Morgan fingerprint density at radius 1 is 1.08 bits per heavy atom. The lowest BCUT2D eigenvalue weighted by atomic mass is 10.2. The lowest BCUT2D eigenvalue weighted by Crippen LogP contribution is -2.10. The first-order valence-corrected chi connectivity index (χ1v) is 8.31. The number of aliphatic hydroxyl groups is 1. The van der Waals surface area contributed by atoms with Crippen LogP contribution in [0.4, 0.5) is 21.8 Å². The van der Waals surface area contributed by atoms with Gasteiger partial charge in [-0.2, -0.15) is 4.98 Å². The maximum atomic E-state index is 13.7. The predicted octanol–water partition coefficient (Wildman–Crippen LogP) is 3.59. The fourth-order valence-electron chi connectivity index (χ4n) is 2.15. The fourth-order valence-corrected chi connectivity index (χ4v) is 2.40. The molecule has 25 heavy (non-hydrogen) atoms. The van der Waals surface area contributed by atoms with Crippen molar-refractivity contribution in [2.45, 2.75) is 0 Å². The number of pyridine rings is 1. The van der Waals surface area contributed by atoms with Crippen molar-refractivity contribution >= 4 is 33.4 Å². The summed E-state index contributed by atoms with van der Waals surface area (Å²) in [6.07, 6.45) is 3.35. The zero-order chi connectivity index (χ0) is 17.6. The van der Waals surface area contributed by atoms with Crippen LogP contribution in [-0.4, -0.2) is 33.2 Å². The second kappa shape index (κ2) is 8.00. The van der Waals surface area contributed by atoms with Crippen LogP contribution in [0.2, 0.25) is 0 Å². The normalized spacial score (nSPS) is 10.5. The molecule has 3 rings (SSSR count). The second-order valence-corrected chi connectivity index (χ2v) is 5.96. The molecule has 6 nitrogen and oxygen atoms in total. The Balaban J connectivity index is 1.95. The Kier molecular flexibility index (Phi) is 5.52. The fraction of sp³-hybridized carbons (Fsp3) is 0.118. The van der Waals surface area contributed by atoms with Gasteiger partial charge in [-0.1, -0.05) is 0 Å². The molecular weight excluding hydrogens is 389 g/mol. The minimum absolute atomic E-state index is 0.0382. The maximum absolute atomic E-state index is 13.7. The van der Waals surface area contributed by atoms with Crippen molar-refractivity contribution in [1.29, 1.82) is 0 Å². The molecule has 0 saturated carbocycles. The molecule has 8 heteroatoms. The van der Waals surface area contributed by atoms with Gasteiger partial charge < -0.3 is 15.7 Å². The number of aromatic nitrogens is 3. The van der Waals surface area contributed by atoms with Crippen molar-refractivity contribution in [1.82, 2.24) is 15.0 Å². The van der Waals surface area contributed by atoms with Gasteiger partial charge in [-0.25, -0.2) is 9.37 Å². The summed E-state index contributed by atoms with van der Waals surface area (Å²) in [5.41, 5.74) is 2.11. The molecule has 3 aromatic rings. The summed E-state index contributed by atoms with van der Waals surface area (Å²) in [5, 5.41) is 15.0. The molecule has 128 valence electrons. The molecule has 0 spiro atoms. The number of aliphatic hydroxyl groups excluding tert-OH is 1. The molecule has 3 N–H and O–H groups in total. The Bertz CT molecular complexity index is 863. The third-order valence-corrected chi connectivity index (χ3v) is 3.93. The summed E-state index contributed by atoms with van der Waals surface area (Å²) < 4.78 is 14.1. The van der Waals surface area contributed by atoms with Gasteiger partial charge in [0, 0.05) is 36.3 Å². The maximum Gasteiger partial charge on any atom is 0.225 e. The molecule has 0 radical (unpaired) electrons. The van der Waals surface area contributed by atoms with Gasteiger partial charge in [-0.05, 0) is 46.3 Å². The van der Waals surface area contributed by atoms with Crippen LogP contribution in [0, 0.1) is 5.82 Å². The van der Waals surface area contributed by atoms with Crippen LogP contribution in [0.3, 0.4) is 0 Å². The van der Waals surface area contributed by atoms with Crippen molar-refractivity contribution in [3.05, 3.63) is 59.1 Å². The molecule has 0 aliphatic rings. The molecule has 0 fully saturated rings. The quantitative estimate of drug-likeness (QED) is 0.583. The molecule has 0 amide bonds. The standard InChI is InChI=1S/C17H15BrFN5O/c18-13-2-1-12(9-14(13)19)22-16-10-15(11-3-5-20-6-4-11)23-17(24-16)21-7-8-25/h1-6,9-10,25H,7-8H2,(H2,21,22,23,24). The van der Waals surface area contributed by atoms with Gasteiger partial charge in [-0.3, -0.25) is 4.98 Å². The lowest BCUT2D eigenvalue weighted by Gasteiger charge is -2.11. The van der Waals surface area contributed by atoms with Crippen molar-refractivity contribution in [3.63, 3.8) is 0 Å². The number of halogens is 2. The highest BCUT2D eigenvalue weighted by Crippen LogP contribution is 2.25. The summed E-state index contributed by atoms with van der Waals surface area (Å²) in [7, 11) is 0. The van der Waals surface area contributed by atoms with E-state index >= 15 is 0 Å². The molecule has 1 aromatic carbocycles. The summed E-state index contributed by atoms with van der Waals surface area (Å²) in [4.78, 5) is 12.8. The molecule has 0 aliphatic carbocycles. The Labute approximate surface area is 152 Å². The van der Waals surface area contributed by atoms with Crippen LogP contribution in [-0.2, 0) is 0 Å². The van der Waals surface area contributed by atoms with E-state index in [0.29, 0.717) is 34.2 Å². The Morgan fingerprint density at radius 3 is 2.60 bits per heavy atom. The molecular formula is C17H15BrFN5O. The summed E-state index contributed by atoms with van der Waals surface area (Å²) in [5.74, 6) is 0.500. The van der Waals surface area contributed by atoms with Crippen LogP contribution in [0.1, 0.15) is 0 Å². The van der Waals surface area contributed by atoms with E-state index in [1.54, 1.807) is 30.6 Å². The first-order valence-electron chi connectivity index (χ1n) is 7.52. The first-order chi connectivity index (χ1) is 12.2. The van der Waals surface area contributed by atoms with Gasteiger partial charge in [-0.15, -0.1) is 0 Å². The average Bonchev–Trinajstić information content (AvgIpc) is 2.63. The number of nitrogens with one attached hydrogen (secondary N) is 2. The number of nitrogens with zero attached hydrogens (tertiary/aromatic N) is 3. The van der Waals surface area contributed by atoms with E-state index in [1.807, 2.05) is 12.1 Å². The van der Waals surface area contributed by atoms with E-state index in [2.05, 4.69) is 41.5 Å².